The first-order valence-electron chi connectivity index (χ1n) is 9.96. The molecule has 0 aliphatic carbocycles. The van der Waals surface area contributed by atoms with E-state index in [-0.39, 0.29) is 11.8 Å². The number of benzene rings is 2. The van der Waals surface area contributed by atoms with Crippen LogP contribution in [0.4, 0.5) is 11.5 Å². The zero-order valence-corrected chi connectivity index (χ0v) is 16.2. The van der Waals surface area contributed by atoms with E-state index < -0.39 is 23.5 Å². The van der Waals surface area contributed by atoms with Crippen LogP contribution in [0.15, 0.2) is 65.2 Å². The van der Waals surface area contributed by atoms with Crippen LogP contribution in [-0.4, -0.2) is 35.2 Å². The zero-order valence-electron chi connectivity index (χ0n) is 16.2. The van der Waals surface area contributed by atoms with Gasteiger partial charge in [0, 0.05) is 17.1 Å². The minimum absolute atomic E-state index is 0.159. The second-order valence-corrected chi connectivity index (χ2v) is 8.14. The molecular weight excluding hydrogens is 382 g/mol. The quantitative estimate of drug-likeness (QED) is 0.682. The molecule has 30 heavy (non-hydrogen) atoms. The van der Waals surface area contributed by atoms with Crippen LogP contribution in [0.5, 0.6) is 0 Å². The molecule has 4 heterocycles. The molecule has 1 spiro atoms. The van der Waals surface area contributed by atoms with E-state index in [0.29, 0.717) is 18.1 Å². The molecule has 0 radical (unpaired) electrons. The summed E-state index contributed by atoms with van der Waals surface area (Å²) in [5.41, 5.74) is -0.0663. The number of carbonyl (C=O) groups is 2. The highest BCUT2D eigenvalue weighted by Crippen LogP contribution is 2.52. The van der Waals surface area contributed by atoms with Gasteiger partial charge in [-0.25, -0.2) is 0 Å². The van der Waals surface area contributed by atoms with Crippen molar-refractivity contribution >= 4 is 34.1 Å². The highest BCUT2D eigenvalue weighted by Gasteiger charge is 2.67. The number of anilines is 2. The summed E-state index contributed by atoms with van der Waals surface area (Å²) in [6.45, 7) is 2.10. The number of ether oxygens (including phenoxy) is 1. The van der Waals surface area contributed by atoms with E-state index in [1.54, 1.807) is 17.9 Å². The van der Waals surface area contributed by atoms with E-state index in [9.17, 15) is 9.59 Å². The smallest absolute Gasteiger partial charge is 0.235 e. The Kier molecular flexibility index (Phi) is 3.50. The van der Waals surface area contributed by atoms with E-state index in [0.717, 1.165) is 16.5 Å². The van der Waals surface area contributed by atoms with Crippen LogP contribution < -0.4 is 10.2 Å². The van der Waals surface area contributed by atoms with Gasteiger partial charge in [0.15, 0.2) is 5.82 Å². The third-order valence-corrected chi connectivity index (χ3v) is 6.34. The summed E-state index contributed by atoms with van der Waals surface area (Å²) in [7, 11) is 0. The molecule has 3 aromatic rings. The van der Waals surface area contributed by atoms with Gasteiger partial charge in [0.05, 0.1) is 24.5 Å². The maximum Gasteiger partial charge on any atom is 0.235 e. The maximum atomic E-state index is 13.4. The number of carbonyl (C=O) groups excluding carboxylic acids is 2. The van der Waals surface area contributed by atoms with Gasteiger partial charge in [-0.2, -0.15) is 0 Å². The van der Waals surface area contributed by atoms with Gasteiger partial charge in [-0.1, -0.05) is 53.7 Å². The predicted octanol–water partition coefficient (Wildman–Crippen LogP) is 3.06. The van der Waals surface area contributed by atoms with Crippen LogP contribution in [-0.2, 0) is 14.3 Å². The third-order valence-electron chi connectivity index (χ3n) is 6.34. The van der Waals surface area contributed by atoms with E-state index in [1.807, 2.05) is 54.6 Å². The summed E-state index contributed by atoms with van der Waals surface area (Å²) >= 11 is 0. The average molecular weight is 401 g/mol. The molecule has 2 bridgehead atoms. The third kappa shape index (κ3) is 2.32. The highest BCUT2D eigenvalue weighted by molar-refractivity contribution is 6.07. The van der Waals surface area contributed by atoms with Crippen LogP contribution in [0, 0.1) is 18.8 Å². The van der Waals surface area contributed by atoms with E-state index >= 15 is 0 Å². The summed E-state index contributed by atoms with van der Waals surface area (Å²) < 4.78 is 11.3. The Morgan fingerprint density at radius 3 is 2.90 bits per heavy atom. The van der Waals surface area contributed by atoms with Gasteiger partial charge < -0.3 is 14.6 Å². The fraction of sp³-hybridized carbons (Fsp3) is 0.261. The number of amides is 2. The van der Waals surface area contributed by atoms with Crippen LogP contribution in [0.2, 0.25) is 0 Å². The van der Waals surface area contributed by atoms with Crippen molar-refractivity contribution < 1.29 is 18.8 Å². The molecule has 0 saturated carbocycles. The first kappa shape index (κ1) is 17.4. The number of aromatic nitrogens is 1. The summed E-state index contributed by atoms with van der Waals surface area (Å²) in [4.78, 5) is 28.2. The molecule has 2 amide bonds. The number of rotatable bonds is 3. The van der Waals surface area contributed by atoms with Crippen molar-refractivity contribution in [3.8, 4) is 0 Å². The standard InChI is InChI=1S/C23H19N3O4/c1-13-11-18(25-30-13)26-12-23-10-9-17(29-23)19(20(23)22(26)28)21(27)24-16-8-4-6-14-5-2-3-7-15(14)16/h2-11,17,19-20H,12H2,1H3,(H,24,27)/t17-,19-,20+,23-/m1/s1. The van der Waals surface area contributed by atoms with Crippen molar-refractivity contribution in [2.24, 2.45) is 11.8 Å². The Morgan fingerprint density at radius 1 is 1.23 bits per heavy atom. The molecule has 2 aromatic carbocycles. The Morgan fingerprint density at radius 2 is 2.07 bits per heavy atom. The lowest BCUT2D eigenvalue weighted by molar-refractivity contribution is -0.128. The van der Waals surface area contributed by atoms with Gasteiger partial charge in [-0.15, -0.1) is 0 Å². The molecule has 0 unspecified atom stereocenters. The lowest BCUT2D eigenvalue weighted by Crippen LogP contribution is -2.41. The molecular formula is C23H19N3O4. The van der Waals surface area contributed by atoms with Crippen molar-refractivity contribution in [2.75, 3.05) is 16.8 Å². The van der Waals surface area contributed by atoms with Gasteiger partial charge in [-0.05, 0) is 18.4 Å². The van der Waals surface area contributed by atoms with Gasteiger partial charge in [0.1, 0.15) is 11.4 Å². The largest absolute Gasteiger partial charge is 0.360 e. The molecule has 2 fully saturated rings. The van der Waals surface area contributed by atoms with Crippen molar-refractivity contribution in [1.82, 2.24) is 5.16 Å². The normalized spacial score (nSPS) is 29.0. The lowest BCUT2D eigenvalue weighted by atomic mass is 9.76. The molecule has 1 N–H and O–H groups in total. The molecule has 2 saturated heterocycles. The predicted molar refractivity (Wildman–Crippen MR) is 110 cm³/mol. The van der Waals surface area contributed by atoms with Gasteiger partial charge in [0.2, 0.25) is 11.8 Å². The molecule has 6 rings (SSSR count). The first-order chi connectivity index (χ1) is 14.6. The number of aryl methyl sites for hydroxylation is 1. The molecule has 4 atom stereocenters. The SMILES string of the molecule is Cc1cc(N2C[C@@]34C=C[C@@H](O3)[C@@H](C(=O)Nc3cccc5ccccc35)[C@H]4C2=O)no1. The summed E-state index contributed by atoms with van der Waals surface area (Å²) in [5, 5.41) is 9.02. The molecule has 7 nitrogen and oxygen atoms in total. The van der Waals surface area contributed by atoms with Crippen molar-refractivity contribution in [1.29, 1.82) is 0 Å². The number of hydrogen-bond donors (Lipinski definition) is 1. The summed E-state index contributed by atoms with van der Waals surface area (Å²) in [6, 6.07) is 15.4. The molecule has 3 aliphatic heterocycles. The Balaban J connectivity index is 1.33. The van der Waals surface area contributed by atoms with Crippen LogP contribution in [0.3, 0.4) is 0 Å². The van der Waals surface area contributed by atoms with E-state index in [4.69, 9.17) is 9.26 Å². The molecule has 3 aliphatic rings. The van der Waals surface area contributed by atoms with E-state index in [2.05, 4.69) is 10.5 Å². The minimum Gasteiger partial charge on any atom is -0.360 e. The van der Waals surface area contributed by atoms with Crippen LogP contribution in [0.25, 0.3) is 10.8 Å². The fourth-order valence-electron chi connectivity index (χ4n) is 5.02. The number of hydrogen-bond acceptors (Lipinski definition) is 5. The monoisotopic (exact) mass is 401 g/mol. The van der Waals surface area contributed by atoms with Crippen molar-refractivity contribution in [3.05, 3.63) is 66.4 Å². The van der Waals surface area contributed by atoms with Gasteiger partial charge in [-0.3, -0.25) is 14.5 Å². The van der Waals surface area contributed by atoms with Crippen molar-refractivity contribution in [3.63, 3.8) is 0 Å². The minimum atomic E-state index is -0.796. The molecule has 1 aromatic heterocycles. The highest BCUT2D eigenvalue weighted by atomic mass is 16.5. The maximum absolute atomic E-state index is 13.4. The van der Waals surface area contributed by atoms with Gasteiger partial charge >= 0.3 is 0 Å². The second-order valence-electron chi connectivity index (χ2n) is 8.14. The van der Waals surface area contributed by atoms with Crippen molar-refractivity contribution in [2.45, 2.75) is 18.6 Å². The number of nitrogens with one attached hydrogen (secondary N) is 1. The van der Waals surface area contributed by atoms with Crippen LogP contribution >= 0.6 is 0 Å². The molecule has 7 heteroatoms. The van der Waals surface area contributed by atoms with E-state index in [1.165, 1.54) is 0 Å². The average Bonchev–Trinajstić information content (AvgIpc) is 3.49. The number of fused-ring (bicyclic) bond motifs is 2. The first-order valence-corrected chi connectivity index (χ1v) is 9.96. The summed E-state index contributed by atoms with van der Waals surface area (Å²) in [5.74, 6) is -0.473. The zero-order chi connectivity index (χ0) is 20.5. The van der Waals surface area contributed by atoms with Crippen LogP contribution in [0.1, 0.15) is 5.76 Å². The topological polar surface area (TPSA) is 84.7 Å². The lowest BCUT2D eigenvalue weighted by Gasteiger charge is -2.23. The Labute approximate surface area is 172 Å². The Hall–Kier alpha value is -3.45. The Bertz CT molecular complexity index is 1230. The fourth-order valence-corrected chi connectivity index (χ4v) is 5.02. The number of nitrogens with zero attached hydrogens (tertiary/aromatic N) is 2. The second kappa shape index (κ2) is 6.03. The summed E-state index contributed by atoms with van der Waals surface area (Å²) in [6.07, 6.45) is 3.42. The van der Waals surface area contributed by atoms with Gasteiger partial charge in [0.25, 0.3) is 0 Å². The molecule has 150 valence electrons.